The first-order valence-electron chi connectivity index (χ1n) is 5.46. The van der Waals surface area contributed by atoms with Crippen LogP contribution in [0.15, 0.2) is 10.3 Å². The lowest BCUT2D eigenvalue weighted by Crippen LogP contribution is -2.38. The minimum Gasteiger partial charge on any atom is -0.411 e. The highest BCUT2D eigenvalue weighted by Gasteiger charge is 2.37. The fraction of sp³-hybridized carbons (Fsp3) is 0.818. The summed E-state index contributed by atoms with van der Waals surface area (Å²) in [7, 11) is 0. The van der Waals surface area contributed by atoms with Crippen LogP contribution in [0.3, 0.4) is 0 Å². The summed E-state index contributed by atoms with van der Waals surface area (Å²) < 4.78 is 0. The van der Waals surface area contributed by atoms with Gasteiger partial charge in [0.25, 0.3) is 0 Å². The highest BCUT2D eigenvalue weighted by atomic mass is 16.4. The molecule has 4 unspecified atom stereocenters. The summed E-state index contributed by atoms with van der Waals surface area (Å²) in [5.41, 5.74) is 0. The molecule has 1 rings (SSSR count). The standard InChI is InChI=1S/C11H20N2O2/c1-7-4-8(2)11(6-13-15)9(3)10(7)5-12-14/h5-11,14-15H,4H2,1-3H3/b12-5+,13-6+. The lowest BCUT2D eigenvalue weighted by molar-refractivity contribution is 0.145. The second kappa shape index (κ2) is 5.14. The zero-order valence-electron chi connectivity index (χ0n) is 9.54. The van der Waals surface area contributed by atoms with Crippen LogP contribution in [0.4, 0.5) is 0 Å². The molecule has 0 aliphatic heterocycles. The maximum absolute atomic E-state index is 8.62. The quantitative estimate of drug-likeness (QED) is 0.419. The lowest BCUT2D eigenvalue weighted by atomic mass is 9.64. The van der Waals surface area contributed by atoms with Gasteiger partial charge in [-0.05, 0) is 24.2 Å². The SMILES string of the molecule is CC1CC(C)C(/C=N/O)C(C)C1/C=N/O. The van der Waals surface area contributed by atoms with Crippen LogP contribution in [0.25, 0.3) is 0 Å². The Morgan fingerprint density at radius 1 is 0.933 bits per heavy atom. The maximum Gasteiger partial charge on any atom is 0.0472 e. The van der Waals surface area contributed by atoms with Crippen LogP contribution < -0.4 is 0 Å². The van der Waals surface area contributed by atoms with Crippen molar-refractivity contribution in [1.82, 2.24) is 0 Å². The zero-order valence-corrected chi connectivity index (χ0v) is 9.54. The van der Waals surface area contributed by atoms with Crippen molar-refractivity contribution >= 4 is 12.4 Å². The summed E-state index contributed by atoms with van der Waals surface area (Å²) in [6, 6.07) is 0. The Balaban J connectivity index is 2.83. The van der Waals surface area contributed by atoms with Crippen LogP contribution >= 0.6 is 0 Å². The Bertz CT molecular complexity index is 229. The molecule has 0 saturated heterocycles. The molecule has 1 aliphatic rings. The van der Waals surface area contributed by atoms with Gasteiger partial charge >= 0.3 is 0 Å². The second-order valence-corrected chi connectivity index (χ2v) is 4.73. The van der Waals surface area contributed by atoms with Gasteiger partial charge in [-0.15, -0.1) is 10.3 Å². The minimum atomic E-state index is 0.259. The lowest BCUT2D eigenvalue weighted by Gasteiger charge is -2.40. The van der Waals surface area contributed by atoms with Crippen LogP contribution in [0.2, 0.25) is 0 Å². The van der Waals surface area contributed by atoms with E-state index < -0.39 is 0 Å². The van der Waals surface area contributed by atoms with Crippen molar-refractivity contribution in [3.8, 4) is 0 Å². The van der Waals surface area contributed by atoms with Gasteiger partial charge in [0, 0.05) is 24.3 Å². The minimum absolute atomic E-state index is 0.259. The molecule has 1 fully saturated rings. The molecule has 4 heteroatoms. The monoisotopic (exact) mass is 212 g/mol. The van der Waals surface area contributed by atoms with Gasteiger partial charge < -0.3 is 10.4 Å². The number of oxime groups is 2. The largest absolute Gasteiger partial charge is 0.411 e. The Labute approximate surface area is 90.7 Å². The smallest absolute Gasteiger partial charge is 0.0472 e. The molecule has 4 nitrogen and oxygen atoms in total. The first kappa shape index (κ1) is 12.0. The van der Waals surface area contributed by atoms with Gasteiger partial charge in [0.05, 0.1) is 0 Å². The van der Waals surface area contributed by atoms with Crippen molar-refractivity contribution in [3.63, 3.8) is 0 Å². The highest BCUT2D eigenvalue weighted by Crippen LogP contribution is 2.40. The van der Waals surface area contributed by atoms with Gasteiger partial charge in [0.1, 0.15) is 0 Å². The van der Waals surface area contributed by atoms with E-state index >= 15 is 0 Å². The predicted octanol–water partition coefficient (Wildman–Crippen LogP) is 2.45. The Kier molecular flexibility index (Phi) is 4.12. The van der Waals surface area contributed by atoms with Crippen LogP contribution in [0, 0.1) is 29.6 Å². The molecule has 0 amide bonds. The summed E-state index contributed by atoms with van der Waals surface area (Å²) in [4.78, 5) is 0. The molecule has 0 aromatic rings. The average Bonchev–Trinajstić information content (AvgIpc) is 2.19. The first-order valence-corrected chi connectivity index (χ1v) is 5.46. The summed E-state index contributed by atoms with van der Waals surface area (Å²) in [5.74, 6) is 1.88. The van der Waals surface area contributed by atoms with Crippen molar-refractivity contribution in [2.75, 3.05) is 0 Å². The van der Waals surface area contributed by atoms with E-state index in [4.69, 9.17) is 10.4 Å². The van der Waals surface area contributed by atoms with Gasteiger partial charge in [-0.25, -0.2) is 0 Å². The van der Waals surface area contributed by atoms with Crippen molar-refractivity contribution in [2.24, 2.45) is 39.9 Å². The van der Waals surface area contributed by atoms with E-state index in [9.17, 15) is 0 Å². The van der Waals surface area contributed by atoms with Gasteiger partial charge in [-0.3, -0.25) is 0 Å². The normalized spacial score (nSPS) is 42.7. The van der Waals surface area contributed by atoms with Gasteiger partial charge in [-0.1, -0.05) is 20.8 Å². The van der Waals surface area contributed by atoms with Gasteiger partial charge in [0.15, 0.2) is 0 Å². The van der Waals surface area contributed by atoms with Crippen LogP contribution in [0.5, 0.6) is 0 Å². The van der Waals surface area contributed by atoms with E-state index in [0.29, 0.717) is 17.8 Å². The van der Waals surface area contributed by atoms with Crippen molar-refractivity contribution in [1.29, 1.82) is 0 Å². The topological polar surface area (TPSA) is 65.2 Å². The Morgan fingerprint density at radius 3 is 1.67 bits per heavy atom. The van der Waals surface area contributed by atoms with Crippen LogP contribution in [-0.4, -0.2) is 22.8 Å². The van der Waals surface area contributed by atoms with Gasteiger partial charge in [0.2, 0.25) is 0 Å². The summed E-state index contributed by atoms with van der Waals surface area (Å²) >= 11 is 0. The Morgan fingerprint density at radius 2 is 1.33 bits per heavy atom. The molecular formula is C11H20N2O2. The number of nitrogens with zero attached hydrogens (tertiary/aromatic N) is 2. The molecule has 0 spiro atoms. The molecule has 2 N–H and O–H groups in total. The molecule has 1 aliphatic carbocycles. The Hall–Kier alpha value is -1.06. The van der Waals surface area contributed by atoms with Crippen molar-refractivity contribution in [2.45, 2.75) is 27.2 Å². The fourth-order valence-electron chi connectivity index (χ4n) is 2.91. The van der Waals surface area contributed by atoms with E-state index in [1.807, 2.05) is 0 Å². The zero-order chi connectivity index (χ0) is 11.4. The number of hydrogen-bond acceptors (Lipinski definition) is 4. The van der Waals surface area contributed by atoms with E-state index in [2.05, 4.69) is 31.1 Å². The van der Waals surface area contributed by atoms with E-state index in [1.165, 1.54) is 0 Å². The molecule has 4 atom stereocenters. The number of rotatable bonds is 2. The maximum atomic E-state index is 8.62. The summed E-state index contributed by atoms with van der Waals surface area (Å²) in [6.45, 7) is 6.46. The average molecular weight is 212 g/mol. The predicted molar refractivity (Wildman–Crippen MR) is 59.6 cm³/mol. The highest BCUT2D eigenvalue weighted by molar-refractivity contribution is 5.66. The van der Waals surface area contributed by atoms with Crippen molar-refractivity contribution < 1.29 is 10.4 Å². The first-order chi connectivity index (χ1) is 7.11. The molecule has 1 saturated carbocycles. The molecule has 0 heterocycles. The summed E-state index contributed by atoms with van der Waals surface area (Å²) in [6.07, 6.45) is 4.29. The molecule has 0 aromatic heterocycles. The molecule has 86 valence electrons. The third-order valence-corrected chi connectivity index (χ3v) is 3.75. The third kappa shape index (κ3) is 2.49. The van der Waals surface area contributed by atoms with Gasteiger partial charge in [-0.2, -0.15) is 0 Å². The third-order valence-electron chi connectivity index (χ3n) is 3.75. The second-order valence-electron chi connectivity index (χ2n) is 4.73. The van der Waals surface area contributed by atoms with Crippen LogP contribution in [0.1, 0.15) is 27.2 Å². The van der Waals surface area contributed by atoms with Crippen molar-refractivity contribution in [3.05, 3.63) is 0 Å². The fourth-order valence-corrected chi connectivity index (χ4v) is 2.91. The van der Waals surface area contributed by atoms with E-state index in [1.54, 1.807) is 12.4 Å². The molecule has 0 radical (unpaired) electrons. The molecule has 15 heavy (non-hydrogen) atoms. The number of hydrogen-bond donors (Lipinski definition) is 2. The van der Waals surface area contributed by atoms with Crippen LogP contribution in [-0.2, 0) is 0 Å². The van der Waals surface area contributed by atoms with E-state index in [-0.39, 0.29) is 11.8 Å². The molecular weight excluding hydrogens is 192 g/mol. The molecule has 0 bridgehead atoms. The molecule has 0 aromatic carbocycles. The van der Waals surface area contributed by atoms with E-state index in [0.717, 1.165) is 6.42 Å². The summed E-state index contributed by atoms with van der Waals surface area (Å²) in [5, 5.41) is 23.5.